The Labute approximate surface area is 186 Å². The molecule has 3 N–H and O–H groups in total. The Morgan fingerprint density at radius 2 is 1.64 bits per heavy atom. The van der Waals surface area contributed by atoms with Crippen molar-refractivity contribution in [1.29, 1.82) is 0 Å². The van der Waals surface area contributed by atoms with Gasteiger partial charge in [-0.15, -0.1) is 0 Å². The normalized spacial score (nSPS) is 10.9. The molecule has 0 aliphatic carbocycles. The van der Waals surface area contributed by atoms with Gasteiger partial charge in [0.2, 0.25) is 0 Å². The summed E-state index contributed by atoms with van der Waals surface area (Å²) in [4.78, 5) is 23.6. The second-order valence-corrected chi connectivity index (χ2v) is 6.73. The number of hydrogen-bond acceptors (Lipinski definition) is 5. The number of benzene rings is 3. The van der Waals surface area contributed by atoms with Crippen molar-refractivity contribution < 1.29 is 37.0 Å². The lowest BCUT2D eigenvalue weighted by Gasteiger charge is -2.13. The Balaban J connectivity index is 1.75. The minimum absolute atomic E-state index is 0.0196. The molecule has 3 rings (SSSR count). The summed E-state index contributed by atoms with van der Waals surface area (Å²) >= 11 is 0. The van der Waals surface area contributed by atoms with Gasteiger partial charge in [-0.25, -0.2) is 0 Å². The summed E-state index contributed by atoms with van der Waals surface area (Å²) < 4.78 is 54.6. The number of carbonyl (C=O) groups is 2. The van der Waals surface area contributed by atoms with Crippen LogP contribution in [0, 0.1) is 0 Å². The average Bonchev–Trinajstić information content (AvgIpc) is 2.77. The highest BCUT2D eigenvalue weighted by Gasteiger charge is 2.30. The van der Waals surface area contributed by atoms with Crippen molar-refractivity contribution in [2.24, 2.45) is 5.73 Å². The van der Waals surface area contributed by atoms with E-state index < -0.39 is 23.6 Å². The van der Waals surface area contributed by atoms with Crippen LogP contribution in [0.5, 0.6) is 23.0 Å². The lowest BCUT2D eigenvalue weighted by Crippen LogP contribution is -2.20. The van der Waals surface area contributed by atoms with Gasteiger partial charge < -0.3 is 25.3 Å². The molecule has 0 bridgehead atoms. The maximum absolute atomic E-state index is 12.9. The molecule has 0 spiro atoms. The highest BCUT2D eigenvalue weighted by atomic mass is 19.4. The monoisotopic (exact) mass is 460 g/mol. The first kappa shape index (κ1) is 23.5. The lowest BCUT2D eigenvalue weighted by molar-refractivity contribution is -0.137. The number of alkyl halides is 3. The number of hydrogen-bond donors (Lipinski definition) is 2. The van der Waals surface area contributed by atoms with Gasteiger partial charge in [0.05, 0.1) is 12.7 Å². The van der Waals surface area contributed by atoms with Crippen molar-refractivity contribution in [3.63, 3.8) is 0 Å². The summed E-state index contributed by atoms with van der Waals surface area (Å²) in [6.07, 6.45) is -4.50. The molecule has 0 saturated heterocycles. The number of anilines is 1. The number of carbonyl (C=O) groups excluding carboxylic acids is 2. The topological polar surface area (TPSA) is 99.9 Å². The van der Waals surface area contributed by atoms with E-state index in [1.54, 1.807) is 12.1 Å². The van der Waals surface area contributed by atoms with E-state index >= 15 is 0 Å². The largest absolute Gasteiger partial charge is 0.493 e. The lowest BCUT2D eigenvalue weighted by atomic mass is 10.2. The molecule has 0 saturated carbocycles. The summed E-state index contributed by atoms with van der Waals surface area (Å²) in [5.41, 5.74) is 4.79. The molecule has 2 amide bonds. The smallest absolute Gasteiger partial charge is 0.416 e. The van der Waals surface area contributed by atoms with Crippen molar-refractivity contribution in [1.82, 2.24) is 0 Å². The van der Waals surface area contributed by atoms with E-state index in [1.807, 2.05) is 0 Å². The van der Waals surface area contributed by atoms with Crippen LogP contribution in [0.1, 0.15) is 15.9 Å². The molecule has 0 aliphatic heterocycles. The van der Waals surface area contributed by atoms with Gasteiger partial charge in [0.25, 0.3) is 11.8 Å². The Morgan fingerprint density at radius 3 is 2.30 bits per heavy atom. The Hall–Kier alpha value is -4.21. The molecule has 10 heteroatoms. The Morgan fingerprint density at radius 1 is 0.939 bits per heavy atom. The van der Waals surface area contributed by atoms with Gasteiger partial charge in [0.1, 0.15) is 11.5 Å². The van der Waals surface area contributed by atoms with Gasteiger partial charge in [0.15, 0.2) is 18.1 Å². The molecule has 7 nitrogen and oxygen atoms in total. The Bertz CT molecular complexity index is 1160. The van der Waals surface area contributed by atoms with Crippen LogP contribution < -0.4 is 25.3 Å². The van der Waals surface area contributed by atoms with Crippen molar-refractivity contribution in [2.45, 2.75) is 6.18 Å². The van der Waals surface area contributed by atoms with Gasteiger partial charge in [-0.3, -0.25) is 9.59 Å². The third-order valence-electron chi connectivity index (χ3n) is 4.28. The molecule has 0 radical (unpaired) electrons. The van der Waals surface area contributed by atoms with Crippen LogP contribution in [-0.4, -0.2) is 25.5 Å². The Kier molecular flexibility index (Phi) is 7.07. The van der Waals surface area contributed by atoms with Gasteiger partial charge >= 0.3 is 6.18 Å². The quantitative estimate of drug-likeness (QED) is 0.511. The van der Waals surface area contributed by atoms with E-state index in [0.29, 0.717) is 11.4 Å². The first-order valence-corrected chi connectivity index (χ1v) is 9.51. The first-order chi connectivity index (χ1) is 15.7. The third-order valence-corrected chi connectivity index (χ3v) is 4.28. The zero-order valence-electron chi connectivity index (χ0n) is 17.3. The zero-order valence-corrected chi connectivity index (χ0v) is 17.3. The predicted octanol–water partition coefficient (Wildman–Crippen LogP) is 4.62. The summed E-state index contributed by atoms with van der Waals surface area (Å²) in [6, 6.07) is 15.0. The van der Waals surface area contributed by atoms with E-state index in [-0.39, 0.29) is 29.4 Å². The number of nitrogens with two attached hydrogens (primary N) is 1. The number of ether oxygens (including phenoxy) is 3. The predicted molar refractivity (Wildman–Crippen MR) is 114 cm³/mol. The van der Waals surface area contributed by atoms with Crippen molar-refractivity contribution in [3.05, 3.63) is 77.9 Å². The second-order valence-electron chi connectivity index (χ2n) is 6.73. The minimum atomic E-state index is -4.50. The van der Waals surface area contributed by atoms with Gasteiger partial charge in [-0.05, 0) is 48.5 Å². The molecule has 0 aliphatic rings. The molecule has 0 atom stereocenters. The van der Waals surface area contributed by atoms with Crippen LogP contribution in [0.25, 0.3) is 0 Å². The molecule has 3 aromatic rings. The van der Waals surface area contributed by atoms with E-state index in [9.17, 15) is 22.8 Å². The molecule has 33 heavy (non-hydrogen) atoms. The number of methoxy groups -OCH3 is 1. The highest BCUT2D eigenvalue weighted by molar-refractivity contribution is 6.04. The standard InChI is InChI=1S/C23H19F3N2O5/c1-31-19-9-8-16(12-20(19)32-13-21(27)29)28-22(30)14-4-2-6-17(10-14)33-18-7-3-5-15(11-18)23(24,25)26/h2-12H,13H2,1H3,(H2,27,29)(H,28,30). The summed E-state index contributed by atoms with van der Waals surface area (Å²) in [7, 11) is 1.42. The fraction of sp³-hybridized carbons (Fsp3) is 0.130. The van der Waals surface area contributed by atoms with E-state index in [4.69, 9.17) is 19.9 Å². The van der Waals surface area contributed by atoms with Crippen LogP contribution in [0.15, 0.2) is 66.7 Å². The SMILES string of the molecule is COc1ccc(NC(=O)c2cccc(Oc3cccc(C(F)(F)F)c3)c2)cc1OCC(N)=O. The molecular weight excluding hydrogens is 441 g/mol. The van der Waals surface area contributed by atoms with Crippen LogP contribution in [-0.2, 0) is 11.0 Å². The third kappa shape index (κ3) is 6.39. The van der Waals surface area contributed by atoms with Gasteiger partial charge in [0, 0.05) is 17.3 Å². The van der Waals surface area contributed by atoms with Gasteiger partial charge in [-0.2, -0.15) is 13.2 Å². The van der Waals surface area contributed by atoms with Crippen molar-refractivity contribution in [2.75, 3.05) is 19.0 Å². The first-order valence-electron chi connectivity index (χ1n) is 9.51. The average molecular weight is 460 g/mol. The van der Waals surface area contributed by atoms with E-state index in [0.717, 1.165) is 12.1 Å². The summed E-state index contributed by atoms with van der Waals surface area (Å²) in [6.45, 7) is -0.372. The molecule has 0 heterocycles. The highest BCUT2D eigenvalue weighted by Crippen LogP contribution is 2.33. The number of amides is 2. The molecule has 0 unspecified atom stereocenters. The fourth-order valence-electron chi connectivity index (χ4n) is 2.79. The van der Waals surface area contributed by atoms with E-state index in [2.05, 4.69) is 5.32 Å². The van der Waals surface area contributed by atoms with Crippen molar-refractivity contribution in [3.8, 4) is 23.0 Å². The number of rotatable bonds is 8. The molecule has 3 aromatic carbocycles. The van der Waals surface area contributed by atoms with Crippen LogP contribution >= 0.6 is 0 Å². The number of nitrogens with one attached hydrogen (secondary N) is 1. The number of halogens is 3. The maximum atomic E-state index is 12.9. The second kappa shape index (κ2) is 9.94. The number of primary amides is 1. The van der Waals surface area contributed by atoms with Crippen LogP contribution in [0.4, 0.5) is 18.9 Å². The van der Waals surface area contributed by atoms with Gasteiger partial charge in [-0.1, -0.05) is 12.1 Å². The molecular formula is C23H19F3N2O5. The fourth-order valence-corrected chi connectivity index (χ4v) is 2.79. The zero-order chi connectivity index (χ0) is 24.0. The van der Waals surface area contributed by atoms with E-state index in [1.165, 1.54) is 49.6 Å². The minimum Gasteiger partial charge on any atom is -0.493 e. The van der Waals surface area contributed by atoms with Crippen LogP contribution in [0.3, 0.4) is 0 Å². The molecule has 172 valence electrons. The van der Waals surface area contributed by atoms with Crippen molar-refractivity contribution >= 4 is 17.5 Å². The summed E-state index contributed by atoms with van der Waals surface area (Å²) in [5, 5.41) is 2.66. The molecule has 0 aromatic heterocycles. The van der Waals surface area contributed by atoms with Crippen LogP contribution in [0.2, 0.25) is 0 Å². The maximum Gasteiger partial charge on any atom is 0.416 e. The summed E-state index contributed by atoms with van der Waals surface area (Å²) in [5.74, 6) is -0.475. The molecule has 0 fully saturated rings.